The van der Waals surface area contributed by atoms with Crippen LogP contribution in [0.1, 0.15) is 43.2 Å². The number of unbranched alkanes of at least 4 members (excludes halogenated alkanes) is 2. The van der Waals surface area contributed by atoms with E-state index in [1.54, 1.807) is 12.1 Å². The van der Waals surface area contributed by atoms with Gasteiger partial charge in [-0.1, -0.05) is 38.0 Å². The van der Waals surface area contributed by atoms with Crippen LogP contribution < -0.4 is 20.9 Å². The zero-order chi connectivity index (χ0) is 18.5. The van der Waals surface area contributed by atoms with Gasteiger partial charge in [-0.3, -0.25) is 0 Å². The fourth-order valence-corrected chi connectivity index (χ4v) is 3.14. The van der Waals surface area contributed by atoms with Gasteiger partial charge in [-0.15, -0.1) is 0 Å². The Hall–Kier alpha value is -3.13. The van der Waals surface area contributed by atoms with Crippen LogP contribution in [0.4, 0.5) is 5.69 Å². The molecule has 1 aliphatic rings. The molecule has 0 saturated carbocycles. The lowest BCUT2D eigenvalue weighted by Gasteiger charge is -2.26. The van der Waals surface area contributed by atoms with Gasteiger partial charge in [0, 0.05) is 17.3 Å². The molecule has 0 saturated heterocycles. The maximum atomic E-state index is 9.62. The number of fused-ring (bicyclic) bond motifs is 1. The first-order valence-corrected chi connectivity index (χ1v) is 8.83. The van der Waals surface area contributed by atoms with Crippen LogP contribution in [-0.4, -0.2) is 6.61 Å². The Morgan fingerprint density at radius 1 is 1.15 bits per heavy atom. The van der Waals surface area contributed by atoms with Gasteiger partial charge in [0.1, 0.15) is 23.1 Å². The van der Waals surface area contributed by atoms with Crippen molar-refractivity contribution < 1.29 is 9.47 Å². The molecule has 5 nitrogen and oxygen atoms in total. The highest BCUT2D eigenvalue weighted by Crippen LogP contribution is 2.43. The Morgan fingerprint density at radius 2 is 2.00 bits per heavy atom. The molecule has 1 atom stereocenters. The molecule has 0 spiro atoms. The summed E-state index contributed by atoms with van der Waals surface area (Å²) >= 11 is 0. The first-order valence-electron chi connectivity index (χ1n) is 8.83. The van der Waals surface area contributed by atoms with Crippen LogP contribution in [0, 0.1) is 11.3 Å². The summed E-state index contributed by atoms with van der Waals surface area (Å²) in [7, 11) is 0. The van der Waals surface area contributed by atoms with Crippen LogP contribution in [-0.2, 0) is 0 Å². The van der Waals surface area contributed by atoms with E-state index < -0.39 is 0 Å². The number of nitrogen functional groups attached to an aromatic ring is 1. The second kappa shape index (κ2) is 7.83. The smallest absolute Gasteiger partial charge is 0.205 e. The van der Waals surface area contributed by atoms with E-state index in [4.69, 9.17) is 20.9 Å². The third-order valence-electron chi connectivity index (χ3n) is 4.45. The highest BCUT2D eigenvalue weighted by atomic mass is 16.5. The van der Waals surface area contributed by atoms with E-state index in [-0.39, 0.29) is 11.8 Å². The van der Waals surface area contributed by atoms with Gasteiger partial charge in [-0.05, 0) is 30.2 Å². The summed E-state index contributed by atoms with van der Waals surface area (Å²) in [5.74, 6) is 1.19. The molecule has 0 radical (unpaired) electrons. The Morgan fingerprint density at radius 3 is 2.77 bits per heavy atom. The standard InChI is InChI=1S/C21H23N3O2/c1-2-3-4-10-25-16-7-5-6-14(11-16)20-17-9-8-15(23)12-19(17)26-21(24)18(20)13-22/h5-9,11-12,20H,2-4,10,23-24H2,1H3/t20-/m0/s1. The van der Waals surface area contributed by atoms with Crippen molar-refractivity contribution in [3.8, 4) is 17.6 Å². The van der Waals surface area contributed by atoms with Crippen LogP contribution in [0.25, 0.3) is 0 Å². The molecule has 4 N–H and O–H groups in total. The van der Waals surface area contributed by atoms with Crippen LogP contribution >= 0.6 is 0 Å². The van der Waals surface area contributed by atoms with Crippen LogP contribution in [0.2, 0.25) is 0 Å². The summed E-state index contributed by atoms with van der Waals surface area (Å²) in [4.78, 5) is 0. The lowest BCUT2D eigenvalue weighted by Crippen LogP contribution is -2.21. The van der Waals surface area contributed by atoms with Crippen molar-refractivity contribution in [3.63, 3.8) is 0 Å². The molecule has 0 unspecified atom stereocenters. The lowest BCUT2D eigenvalue weighted by molar-refractivity contribution is 0.306. The quantitative estimate of drug-likeness (QED) is 0.606. The fourth-order valence-electron chi connectivity index (χ4n) is 3.14. The van der Waals surface area contributed by atoms with Gasteiger partial charge in [0.05, 0.1) is 12.5 Å². The molecule has 1 aliphatic heterocycles. The molecule has 1 heterocycles. The van der Waals surface area contributed by atoms with E-state index in [2.05, 4.69) is 13.0 Å². The second-order valence-electron chi connectivity index (χ2n) is 6.35. The molecule has 0 amide bonds. The molecular formula is C21H23N3O2. The highest BCUT2D eigenvalue weighted by Gasteiger charge is 2.30. The normalized spacial score (nSPS) is 15.8. The monoisotopic (exact) mass is 349 g/mol. The Kier molecular flexibility index (Phi) is 5.33. The van der Waals surface area contributed by atoms with Crippen molar-refractivity contribution in [3.05, 3.63) is 65.0 Å². The van der Waals surface area contributed by atoms with Gasteiger partial charge < -0.3 is 20.9 Å². The molecule has 3 rings (SSSR count). The zero-order valence-corrected chi connectivity index (χ0v) is 14.9. The van der Waals surface area contributed by atoms with E-state index in [9.17, 15) is 5.26 Å². The van der Waals surface area contributed by atoms with Gasteiger partial charge in [0.15, 0.2) is 0 Å². The molecule has 26 heavy (non-hydrogen) atoms. The number of hydrogen-bond acceptors (Lipinski definition) is 5. The minimum Gasteiger partial charge on any atom is -0.494 e. The van der Waals surface area contributed by atoms with E-state index in [1.807, 2.05) is 30.3 Å². The van der Waals surface area contributed by atoms with E-state index >= 15 is 0 Å². The first kappa shape index (κ1) is 17.7. The number of anilines is 1. The number of nitriles is 1. The van der Waals surface area contributed by atoms with E-state index in [0.717, 1.165) is 36.1 Å². The summed E-state index contributed by atoms with van der Waals surface area (Å²) in [6.45, 7) is 2.84. The van der Waals surface area contributed by atoms with Crippen LogP contribution in [0.3, 0.4) is 0 Å². The minimum atomic E-state index is -0.302. The third-order valence-corrected chi connectivity index (χ3v) is 4.45. The van der Waals surface area contributed by atoms with Crippen molar-refractivity contribution in [1.29, 1.82) is 5.26 Å². The van der Waals surface area contributed by atoms with Crippen LogP contribution in [0.5, 0.6) is 11.5 Å². The van der Waals surface area contributed by atoms with Crippen molar-refractivity contribution in [2.75, 3.05) is 12.3 Å². The average Bonchev–Trinajstić information content (AvgIpc) is 2.64. The predicted octanol–water partition coefficient (Wildman–Crippen LogP) is 4.06. The van der Waals surface area contributed by atoms with Gasteiger partial charge in [-0.25, -0.2) is 0 Å². The van der Waals surface area contributed by atoms with E-state index in [1.165, 1.54) is 0 Å². The molecule has 2 aromatic rings. The number of nitrogens with zero attached hydrogens (tertiary/aromatic N) is 1. The number of rotatable bonds is 6. The minimum absolute atomic E-state index is 0.116. The molecule has 0 fully saturated rings. The predicted molar refractivity (Wildman–Crippen MR) is 102 cm³/mol. The Balaban J connectivity index is 1.96. The summed E-state index contributed by atoms with van der Waals surface area (Å²) in [6, 6.07) is 15.4. The van der Waals surface area contributed by atoms with Crippen LogP contribution in [0.15, 0.2) is 53.9 Å². The van der Waals surface area contributed by atoms with Crippen molar-refractivity contribution in [2.24, 2.45) is 5.73 Å². The number of nitrogens with two attached hydrogens (primary N) is 2. The molecule has 5 heteroatoms. The largest absolute Gasteiger partial charge is 0.494 e. The number of benzene rings is 2. The zero-order valence-electron chi connectivity index (χ0n) is 14.9. The van der Waals surface area contributed by atoms with Gasteiger partial charge in [0.25, 0.3) is 0 Å². The topological polar surface area (TPSA) is 94.3 Å². The highest BCUT2D eigenvalue weighted by molar-refractivity contribution is 5.59. The molecule has 0 bridgehead atoms. The second-order valence-corrected chi connectivity index (χ2v) is 6.35. The van der Waals surface area contributed by atoms with Gasteiger partial charge in [0.2, 0.25) is 5.88 Å². The summed E-state index contributed by atoms with van der Waals surface area (Å²) in [5.41, 5.74) is 14.6. The number of hydrogen-bond donors (Lipinski definition) is 2. The summed E-state index contributed by atoms with van der Waals surface area (Å²) in [5, 5.41) is 9.62. The summed E-state index contributed by atoms with van der Waals surface area (Å²) in [6.07, 6.45) is 3.32. The van der Waals surface area contributed by atoms with Crippen molar-refractivity contribution >= 4 is 5.69 Å². The molecular weight excluding hydrogens is 326 g/mol. The lowest BCUT2D eigenvalue weighted by atomic mass is 9.83. The molecule has 134 valence electrons. The van der Waals surface area contributed by atoms with E-state index in [0.29, 0.717) is 23.6 Å². The average molecular weight is 349 g/mol. The maximum absolute atomic E-state index is 9.62. The maximum Gasteiger partial charge on any atom is 0.205 e. The molecule has 0 aromatic heterocycles. The number of allylic oxidation sites excluding steroid dienone is 1. The molecule has 0 aliphatic carbocycles. The molecule has 2 aromatic carbocycles. The Labute approximate surface area is 153 Å². The fraction of sp³-hybridized carbons (Fsp3) is 0.286. The Bertz CT molecular complexity index is 868. The summed E-state index contributed by atoms with van der Waals surface area (Å²) < 4.78 is 11.5. The van der Waals surface area contributed by atoms with Gasteiger partial charge in [-0.2, -0.15) is 5.26 Å². The first-order chi connectivity index (χ1) is 12.6. The third kappa shape index (κ3) is 3.60. The van der Waals surface area contributed by atoms with Crippen molar-refractivity contribution in [1.82, 2.24) is 0 Å². The van der Waals surface area contributed by atoms with Gasteiger partial charge >= 0.3 is 0 Å². The SMILES string of the molecule is CCCCCOc1cccc([C@@H]2C(C#N)=C(N)Oc3cc(N)ccc32)c1. The van der Waals surface area contributed by atoms with Crippen molar-refractivity contribution in [2.45, 2.75) is 32.1 Å². The number of ether oxygens (including phenoxy) is 2.